The van der Waals surface area contributed by atoms with Gasteiger partial charge >= 0.3 is 89.1 Å². The highest BCUT2D eigenvalue weighted by molar-refractivity contribution is 5.70. The van der Waals surface area contributed by atoms with Gasteiger partial charge in [-0.2, -0.15) is 119 Å². The molecule has 1 atom stereocenters. The molecule has 61 heavy (non-hydrogen) atoms. The third kappa shape index (κ3) is 7.68. The number of nitrogens with zero attached hydrogens (tertiary/aromatic N) is 2. The monoisotopic (exact) mass is 966 g/mol. The molecule has 0 N–H and O–H groups in total. The zero-order chi connectivity index (χ0) is 49.4. The number of ether oxygens (including phenoxy) is 2. The highest BCUT2D eigenvalue weighted by Gasteiger charge is 3.00. The predicted octanol–water partition coefficient (Wildman–Crippen LogP) is 11.7. The Morgan fingerprint density at radius 1 is 0.541 bits per heavy atom. The van der Waals surface area contributed by atoms with Crippen LogP contribution in [-0.4, -0.2) is 99.9 Å². The number of hydrogen-bond donors (Lipinski definition) is 0. The fourth-order valence-electron chi connectivity index (χ4n) is 4.09. The van der Waals surface area contributed by atoms with Crippen LogP contribution in [0.15, 0.2) is 12.1 Å². The lowest BCUT2D eigenvalue weighted by molar-refractivity contribution is -0.485. The maximum absolute atomic E-state index is 14.3. The number of halogens is 27. The minimum Gasteiger partial charge on any atom is -0.427 e. The number of benzene rings is 1. The van der Waals surface area contributed by atoms with Gasteiger partial charge < -0.3 is 9.47 Å². The summed E-state index contributed by atoms with van der Waals surface area (Å²) in [5.41, 5.74) is -3.67. The molecule has 0 fully saturated rings. The molecule has 354 valence electrons. The molecule has 0 bridgehead atoms. The maximum atomic E-state index is 14.3. The lowest BCUT2D eigenvalue weighted by atomic mass is 9.84. The number of hydrogen-bond acceptors (Lipinski definition) is 7. The summed E-state index contributed by atoms with van der Waals surface area (Å²) in [5, 5.41) is 22.5. The van der Waals surface area contributed by atoms with E-state index >= 15 is 0 Å². The average molecular weight is 966 g/mol. The van der Waals surface area contributed by atoms with Crippen molar-refractivity contribution in [3.8, 4) is 5.75 Å². The second-order valence-electron chi connectivity index (χ2n) is 11.9. The molecule has 36 heteroatoms. The van der Waals surface area contributed by atoms with E-state index in [1.165, 1.54) is 6.92 Å². The fourth-order valence-corrected chi connectivity index (χ4v) is 4.09. The quantitative estimate of drug-likeness (QED) is 0.0472. The molecule has 0 aliphatic carbocycles. The summed E-state index contributed by atoms with van der Waals surface area (Å²) in [6, 6.07) is 0.336. The highest BCUT2D eigenvalue weighted by atomic mass is 19.4. The van der Waals surface area contributed by atoms with Gasteiger partial charge in [0.05, 0.1) is 15.9 Å². The van der Waals surface area contributed by atoms with Crippen molar-refractivity contribution < 1.29 is 143 Å². The summed E-state index contributed by atoms with van der Waals surface area (Å²) >= 11 is 0. The Balaban J connectivity index is 3.78. The molecule has 0 aliphatic heterocycles. The van der Waals surface area contributed by atoms with Crippen molar-refractivity contribution in [2.24, 2.45) is 0 Å². The molecule has 1 aromatic rings. The third-order valence-electron chi connectivity index (χ3n) is 7.95. The molecule has 0 spiro atoms. The minimum atomic E-state index is -9.95. The summed E-state index contributed by atoms with van der Waals surface area (Å²) in [6.07, 6.45) is -11.6. The molecule has 0 heterocycles. The molecule has 0 aromatic heterocycles. The summed E-state index contributed by atoms with van der Waals surface area (Å²) in [7, 11) is 0. The van der Waals surface area contributed by atoms with Gasteiger partial charge in [-0.05, 0) is 12.3 Å². The van der Waals surface area contributed by atoms with Crippen molar-refractivity contribution in [3.63, 3.8) is 0 Å². The van der Waals surface area contributed by atoms with E-state index in [0.717, 1.165) is 6.92 Å². The van der Waals surface area contributed by atoms with E-state index in [4.69, 9.17) is 0 Å². The first-order valence-corrected chi connectivity index (χ1v) is 14.4. The smallest absolute Gasteiger partial charge is 0.427 e. The molecular weight excluding hydrogens is 953 g/mol. The molecule has 0 saturated carbocycles. The zero-order valence-electron chi connectivity index (χ0n) is 28.1. The summed E-state index contributed by atoms with van der Waals surface area (Å²) in [4.78, 5) is 31.5. The van der Waals surface area contributed by atoms with E-state index in [0.29, 0.717) is 6.07 Å². The van der Waals surface area contributed by atoms with Gasteiger partial charge in [0.1, 0.15) is 0 Å². The normalized spacial score (nSPS) is 15.7. The topological polar surface area (TPSA) is 122 Å². The zero-order valence-corrected chi connectivity index (χ0v) is 28.1. The van der Waals surface area contributed by atoms with Crippen LogP contribution in [0.2, 0.25) is 0 Å². The Kier molecular flexibility index (Phi) is 13.7. The molecule has 0 amide bonds. The van der Waals surface area contributed by atoms with Crippen molar-refractivity contribution in [2.45, 2.75) is 103 Å². The van der Waals surface area contributed by atoms with Crippen molar-refractivity contribution in [2.75, 3.05) is 6.61 Å². The number of alkyl halides is 27. The average Bonchev–Trinajstić information content (AvgIpc) is 3.08. The van der Waals surface area contributed by atoms with E-state index in [1.54, 1.807) is 0 Å². The van der Waals surface area contributed by atoms with Crippen molar-refractivity contribution in [3.05, 3.63) is 37.9 Å². The molecular formula is C25H13F27N2O7. The van der Waals surface area contributed by atoms with E-state index in [-0.39, 0.29) is 12.5 Å². The second-order valence-corrected chi connectivity index (χ2v) is 11.9. The number of nitro groups is 2. The minimum absolute atomic E-state index is 0.0381. The molecule has 1 aromatic carbocycles. The molecule has 0 aliphatic rings. The maximum Gasteiger partial charge on any atom is 0.514 e. The first kappa shape index (κ1) is 54.4. The van der Waals surface area contributed by atoms with Crippen LogP contribution in [0.4, 0.5) is 135 Å². The van der Waals surface area contributed by atoms with Crippen molar-refractivity contribution in [1.82, 2.24) is 0 Å². The number of carbonyl (C=O) groups excluding carboxylic acids is 1. The fraction of sp³-hybridized carbons (Fsp3) is 0.720. The summed E-state index contributed by atoms with van der Waals surface area (Å²) in [6.45, 7) is -1.77. The van der Waals surface area contributed by atoms with Gasteiger partial charge in [0, 0.05) is 11.6 Å². The van der Waals surface area contributed by atoms with Crippen LogP contribution in [0, 0.1) is 20.2 Å². The van der Waals surface area contributed by atoms with Gasteiger partial charge in [0.15, 0.2) is 6.61 Å². The Labute approximate surface area is 315 Å². The Morgan fingerprint density at radius 3 is 1.13 bits per heavy atom. The predicted molar refractivity (Wildman–Crippen MR) is 136 cm³/mol. The lowest BCUT2D eigenvalue weighted by Crippen LogP contribution is -2.79. The Morgan fingerprint density at radius 2 is 0.852 bits per heavy atom. The molecule has 1 unspecified atom stereocenters. The van der Waals surface area contributed by atoms with Gasteiger partial charge in [-0.15, -0.1) is 0 Å². The molecule has 9 nitrogen and oxygen atoms in total. The van der Waals surface area contributed by atoms with Gasteiger partial charge in [0.2, 0.25) is 5.75 Å². The molecule has 0 radical (unpaired) electrons. The van der Waals surface area contributed by atoms with E-state index in [2.05, 4.69) is 9.47 Å². The van der Waals surface area contributed by atoms with Gasteiger partial charge in [-0.1, -0.05) is 13.8 Å². The Hall–Kier alpha value is -4.60. The van der Waals surface area contributed by atoms with Crippen LogP contribution in [0.25, 0.3) is 0 Å². The molecule has 0 saturated heterocycles. The van der Waals surface area contributed by atoms with Gasteiger partial charge in [-0.25, -0.2) is 4.79 Å². The number of carbonyl (C=O) groups is 1. The van der Waals surface area contributed by atoms with Crippen LogP contribution in [-0.2, 0) is 4.74 Å². The number of non-ortho nitro benzene ring substituents is 1. The first-order valence-electron chi connectivity index (χ1n) is 14.4. The van der Waals surface area contributed by atoms with E-state index in [9.17, 15) is 144 Å². The van der Waals surface area contributed by atoms with Crippen molar-refractivity contribution >= 4 is 17.5 Å². The SMILES string of the molecule is CCC(C)c1cc([N+](=O)[O-])cc([N+](=O)[O-])c1OC(=O)OCC(F)(F)C(F)(F)C(F)(F)C(F)(F)C(F)(F)C(F)(F)C(F)(F)C(F)(F)C(F)(F)C(F)(F)C(F)(F)C(F)(F)C(F)(F)F. The molecule has 1 rings (SSSR count). The highest BCUT2D eigenvalue weighted by Crippen LogP contribution is 2.68. The largest absolute Gasteiger partial charge is 0.514 e. The van der Waals surface area contributed by atoms with Crippen LogP contribution < -0.4 is 4.74 Å². The van der Waals surface area contributed by atoms with E-state index < -0.39 is 128 Å². The standard InChI is InChI=1S/C25H13F27N2O7/c1-3-7(2)9-4-8(53(56)57)5-10(54(58)59)11(9)61-12(55)60-6-13(26,27)14(28,29)15(30,31)16(32,33)17(34,35)18(36,37)19(38,39)20(40,41)21(42,43)22(44,45)23(46,47)24(48,49)25(50,51)52/h4-5,7H,3,6H2,1-2H3. The van der Waals surface area contributed by atoms with Crippen LogP contribution in [0.5, 0.6) is 5.75 Å². The second kappa shape index (κ2) is 15.3. The van der Waals surface area contributed by atoms with Crippen LogP contribution in [0.1, 0.15) is 31.7 Å². The van der Waals surface area contributed by atoms with Crippen molar-refractivity contribution in [1.29, 1.82) is 0 Å². The van der Waals surface area contributed by atoms with Crippen LogP contribution in [0.3, 0.4) is 0 Å². The lowest BCUT2D eigenvalue weighted by Gasteiger charge is -2.46. The van der Waals surface area contributed by atoms with E-state index in [1.807, 2.05) is 0 Å². The summed E-state index contributed by atoms with van der Waals surface area (Å²) < 4.78 is 377. The number of nitro benzene ring substituents is 2. The van der Waals surface area contributed by atoms with Gasteiger partial charge in [0.25, 0.3) is 5.69 Å². The third-order valence-corrected chi connectivity index (χ3v) is 7.95. The van der Waals surface area contributed by atoms with Crippen LogP contribution >= 0.6 is 0 Å². The Bertz CT molecular complexity index is 1850. The first-order chi connectivity index (χ1) is 26.5. The van der Waals surface area contributed by atoms with Gasteiger partial charge in [-0.3, -0.25) is 20.2 Å². The summed E-state index contributed by atoms with van der Waals surface area (Å²) in [5.74, 6) is -115. The number of rotatable bonds is 18.